The van der Waals surface area contributed by atoms with Gasteiger partial charge in [-0.1, -0.05) is 119 Å². The zero-order valence-electron chi connectivity index (χ0n) is 11.7. The molecule has 7 heteroatoms. The molecular weight excluding hydrogens is 410 g/mol. The third-order valence-electron chi connectivity index (χ3n) is 2.89. The lowest BCUT2D eigenvalue weighted by Gasteiger charge is -2.11. The summed E-state index contributed by atoms with van der Waals surface area (Å²) in [6.07, 6.45) is 7.69. The van der Waals surface area contributed by atoms with Crippen molar-refractivity contribution in [2.75, 3.05) is 5.75 Å². The quantitative estimate of drug-likeness (QED) is 0.167. The van der Waals surface area contributed by atoms with Crippen LogP contribution in [0.15, 0.2) is 4.90 Å². The van der Waals surface area contributed by atoms with Crippen molar-refractivity contribution < 1.29 is 0 Å². The molecule has 0 unspecified atom stereocenters. The number of rotatable bonds is 9. The first-order valence-electron chi connectivity index (χ1n) is 6.81. The van der Waals surface area contributed by atoms with Crippen molar-refractivity contribution in [3.63, 3.8) is 0 Å². The van der Waals surface area contributed by atoms with Gasteiger partial charge in [0.25, 0.3) is 0 Å². The maximum Gasteiger partial charge on any atom is 0.0809 e. The van der Waals surface area contributed by atoms with Gasteiger partial charge in [0.1, 0.15) is 0 Å². The highest BCUT2D eigenvalue weighted by Gasteiger charge is 2.19. The van der Waals surface area contributed by atoms with Gasteiger partial charge >= 0.3 is 0 Å². The molecule has 0 heterocycles. The van der Waals surface area contributed by atoms with E-state index < -0.39 is 0 Å². The Kier molecular flexibility index (Phi) is 10.7. The molecule has 0 aromatic heterocycles. The summed E-state index contributed by atoms with van der Waals surface area (Å²) in [7, 11) is 3.21. The second kappa shape index (κ2) is 11.0. The van der Waals surface area contributed by atoms with Crippen molar-refractivity contribution in [2.24, 2.45) is 0 Å². The Labute approximate surface area is 160 Å². The van der Waals surface area contributed by atoms with Crippen LogP contribution in [0, 0.1) is 0 Å². The van der Waals surface area contributed by atoms with Crippen molar-refractivity contribution in [1.29, 1.82) is 0 Å². The van der Waals surface area contributed by atoms with Crippen LogP contribution in [0.2, 0.25) is 25.1 Å². The van der Waals surface area contributed by atoms with E-state index in [1.807, 2.05) is 0 Å². The SMILES string of the molecule is CCCCCCCCSSc1c(Cl)c(Cl)c(Cl)c(Cl)c1Cl. The molecule has 0 radical (unpaired) electrons. The number of benzene rings is 1. The predicted octanol–water partition coefficient (Wildman–Crippen LogP) is 9.05. The molecule has 21 heavy (non-hydrogen) atoms. The first-order valence-corrected chi connectivity index (χ1v) is 11.0. The van der Waals surface area contributed by atoms with Gasteiger partial charge in [-0.05, 0) is 6.42 Å². The van der Waals surface area contributed by atoms with E-state index in [0.717, 1.165) is 5.75 Å². The maximum atomic E-state index is 6.18. The standard InChI is InChI=1S/C14H17Cl5S2/c1-2-3-4-5-6-7-8-20-21-14-12(18)10(16)9(15)11(17)13(14)19/h2-8H2,1H3. The van der Waals surface area contributed by atoms with E-state index in [9.17, 15) is 0 Å². The zero-order chi connectivity index (χ0) is 15.8. The first-order chi connectivity index (χ1) is 10.0. The molecule has 0 saturated carbocycles. The summed E-state index contributed by atoms with van der Waals surface area (Å²) in [5.74, 6) is 1.04. The molecule has 0 aliphatic heterocycles. The summed E-state index contributed by atoms with van der Waals surface area (Å²) in [5.41, 5.74) is 0. The second-order valence-electron chi connectivity index (χ2n) is 4.57. The third kappa shape index (κ3) is 6.41. The average molecular weight is 427 g/mol. The Balaban J connectivity index is 2.43. The summed E-state index contributed by atoms with van der Waals surface area (Å²) < 4.78 is 0. The molecule has 1 aromatic carbocycles. The van der Waals surface area contributed by atoms with E-state index in [1.54, 1.807) is 10.8 Å². The van der Waals surface area contributed by atoms with Crippen molar-refractivity contribution in [3.05, 3.63) is 25.1 Å². The highest BCUT2D eigenvalue weighted by Crippen LogP contribution is 2.50. The lowest BCUT2D eigenvalue weighted by molar-refractivity contribution is 0.627. The predicted molar refractivity (Wildman–Crippen MR) is 103 cm³/mol. The smallest absolute Gasteiger partial charge is 0.0809 e. The molecular formula is C14H17Cl5S2. The van der Waals surface area contributed by atoms with Crippen LogP contribution < -0.4 is 0 Å². The molecule has 0 N–H and O–H groups in total. The summed E-state index contributed by atoms with van der Waals surface area (Å²) in [4.78, 5) is 0.689. The Morgan fingerprint density at radius 1 is 0.667 bits per heavy atom. The first kappa shape index (κ1) is 20.4. The van der Waals surface area contributed by atoms with Gasteiger partial charge in [0, 0.05) is 5.75 Å². The van der Waals surface area contributed by atoms with Gasteiger partial charge in [0.05, 0.1) is 30.0 Å². The summed E-state index contributed by atoms with van der Waals surface area (Å²) >= 11 is 30.4. The second-order valence-corrected chi connectivity index (χ2v) is 8.89. The van der Waals surface area contributed by atoms with Gasteiger partial charge in [0.15, 0.2) is 0 Å². The van der Waals surface area contributed by atoms with Gasteiger partial charge < -0.3 is 0 Å². The molecule has 0 fully saturated rings. The number of hydrogen-bond donors (Lipinski definition) is 0. The molecule has 1 rings (SSSR count). The molecule has 0 nitrogen and oxygen atoms in total. The largest absolute Gasteiger partial charge is 0.0888 e. The van der Waals surface area contributed by atoms with Gasteiger partial charge in [0.2, 0.25) is 0 Å². The van der Waals surface area contributed by atoms with E-state index >= 15 is 0 Å². The van der Waals surface area contributed by atoms with Crippen LogP contribution in [-0.2, 0) is 0 Å². The fourth-order valence-corrected chi connectivity index (χ4v) is 5.79. The zero-order valence-corrected chi connectivity index (χ0v) is 17.1. The monoisotopic (exact) mass is 424 g/mol. The van der Waals surface area contributed by atoms with Gasteiger partial charge in [-0.2, -0.15) is 0 Å². The maximum absolute atomic E-state index is 6.18. The molecule has 0 bridgehead atoms. The minimum atomic E-state index is 0.207. The highest BCUT2D eigenvalue weighted by atomic mass is 35.5. The molecule has 0 spiro atoms. The Morgan fingerprint density at radius 2 is 1.14 bits per heavy atom. The minimum absolute atomic E-state index is 0.207. The fourth-order valence-electron chi connectivity index (χ4n) is 1.70. The van der Waals surface area contributed by atoms with Gasteiger partial charge in [-0.15, -0.1) is 0 Å². The lowest BCUT2D eigenvalue weighted by atomic mass is 10.1. The number of hydrogen-bond acceptors (Lipinski definition) is 2. The third-order valence-corrected chi connectivity index (χ3v) is 7.90. The highest BCUT2D eigenvalue weighted by molar-refractivity contribution is 8.76. The molecule has 0 aliphatic rings. The number of unbranched alkanes of at least 4 members (excludes halogenated alkanes) is 5. The van der Waals surface area contributed by atoms with Crippen molar-refractivity contribution >= 4 is 79.6 Å². The van der Waals surface area contributed by atoms with Crippen LogP contribution in [-0.4, -0.2) is 5.75 Å². The van der Waals surface area contributed by atoms with Crippen LogP contribution in [0.1, 0.15) is 45.4 Å². The normalized spacial score (nSPS) is 11.1. The molecule has 120 valence electrons. The van der Waals surface area contributed by atoms with E-state index in [-0.39, 0.29) is 15.1 Å². The van der Waals surface area contributed by atoms with Crippen LogP contribution >= 0.6 is 79.6 Å². The summed E-state index contributed by atoms with van der Waals surface area (Å²) in [6, 6.07) is 0. The Hall–Kier alpha value is 1.37. The van der Waals surface area contributed by atoms with Crippen molar-refractivity contribution in [3.8, 4) is 0 Å². The van der Waals surface area contributed by atoms with Crippen LogP contribution in [0.5, 0.6) is 0 Å². The topological polar surface area (TPSA) is 0 Å². The molecule has 0 atom stereocenters. The van der Waals surface area contributed by atoms with E-state index in [4.69, 9.17) is 58.0 Å². The lowest BCUT2D eigenvalue weighted by Crippen LogP contribution is -1.84. The Morgan fingerprint density at radius 3 is 1.71 bits per heavy atom. The molecule has 0 amide bonds. The van der Waals surface area contributed by atoms with Crippen LogP contribution in [0.4, 0.5) is 0 Å². The average Bonchev–Trinajstić information content (AvgIpc) is 2.49. The van der Waals surface area contributed by atoms with Crippen LogP contribution in [0.3, 0.4) is 0 Å². The number of halogens is 5. The van der Waals surface area contributed by atoms with Crippen molar-refractivity contribution in [1.82, 2.24) is 0 Å². The molecule has 1 aromatic rings. The van der Waals surface area contributed by atoms with Gasteiger partial charge in [-0.3, -0.25) is 0 Å². The van der Waals surface area contributed by atoms with Crippen LogP contribution in [0.25, 0.3) is 0 Å². The van der Waals surface area contributed by atoms with E-state index in [1.165, 1.54) is 49.3 Å². The van der Waals surface area contributed by atoms with E-state index in [2.05, 4.69) is 6.92 Å². The fraction of sp³-hybridized carbons (Fsp3) is 0.571. The van der Waals surface area contributed by atoms with Crippen molar-refractivity contribution in [2.45, 2.75) is 50.3 Å². The van der Waals surface area contributed by atoms with E-state index in [0.29, 0.717) is 14.9 Å². The molecule has 0 aliphatic carbocycles. The Bertz CT molecular complexity index is 436. The minimum Gasteiger partial charge on any atom is -0.0888 e. The summed E-state index contributed by atoms with van der Waals surface area (Å²) in [6.45, 7) is 2.22. The van der Waals surface area contributed by atoms with Gasteiger partial charge in [-0.25, -0.2) is 0 Å². The summed E-state index contributed by atoms with van der Waals surface area (Å²) in [5, 5.41) is 1.47. The molecule has 0 saturated heterocycles.